The van der Waals surface area contributed by atoms with Gasteiger partial charge in [-0.1, -0.05) is 23.7 Å². The molecule has 4 rings (SSSR count). The molecule has 160 valence electrons. The van der Waals surface area contributed by atoms with Crippen LogP contribution in [0.2, 0.25) is 5.02 Å². The number of rotatable bonds is 4. The second-order valence-corrected chi connectivity index (χ2v) is 7.88. The molecule has 9 heteroatoms. The van der Waals surface area contributed by atoms with Gasteiger partial charge >= 0.3 is 5.97 Å². The van der Waals surface area contributed by atoms with Gasteiger partial charge in [0.1, 0.15) is 17.5 Å². The highest BCUT2D eigenvalue weighted by atomic mass is 35.5. The molecular weight excluding hydrogens is 416 g/mol. The van der Waals surface area contributed by atoms with Crippen molar-refractivity contribution in [3.8, 4) is 5.69 Å². The summed E-state index contributed by atoms with van der Waals surface area (Å²) in [6, 6.07) is 13.0. The van der Waals surface area contributed by atoms with Gasteiger partial charge in [-0.15, -0.1) is 10.2 Å². The Morgan fingerprint density at radius 3 is 2.65 bits per heavy atom. The van der Waals surface area contributed by atoms with Gasteiger partial charge in [-0.25, -0.2) is 4.79 Å². The first-order valence-corrected chi connectivity index (χ1v) is 10.4. The topological polar surface area (TPSA) is 98.6 Å². The molecule has 31 heavy (non-hydrogen) atoms. The zero-order valence-electron chi connectivity index (χ0n) is 17.5. The third-order valence-electron chi connectivity index (χ3n) is 5.26. The number of aryl methyl sites for hydroxylation is 1. The van der Waals surface area contributed by atoms with Crippen molar-refractivity contribution in [3.63, 3.8) is 0 Å². The second kappa shape index (κ2) is 8.39. The van der Waals surface area contributed by atoms with Crippen LogP contribution in [0.5, 0.6) is 0 Å². The number of carbonyl (C=O) groups excluding carboxylic acids is 1. The molecule has 1 unspecified atom stereocenters. The van der Waals surface area contributed by atoms with Crippen LogP contribution in [0.15, 0.2) is 47.6 Å². The van der Waals surface area contributed by atoms with E-state index in [2.05, 4.69) is 31.7 Å². The van der Waals surface area contributed by atoms with Gasteiger partial charge in [0.15, 0.2) is 0 Å². The molecular formula is C22H23ClN6O2. The fraction of sp³-hybridized carbons (Fsp3) is 0.273. The summed E-state index contributed by atoms with van der Waals surface area (Å²) >= 11 is 6.12. The minimum Gasteiger partial charge on any atom is -0.385 e. The van der Waals surface area contributed by atoms with Gasteiger partial charge in [-0.2, -0.15) is 0 Å². The number of amidine groups is 1. The molecule has 2 aromatic carbocycles. The highest BCUT2D eigenvalue weighted by molar-refractivity contribution is 6.30. The van der Waals surface area contributed by atoms with E-state index in [-0.39, 0.29) is 11.8 Å². The largest absolute Gasteiger partial charge is 0.385 e. The molecule has 1 aliphatic heterocycles. The number of oxime groups is 1. The molecule has 0 fully saturated rings. The van der Waals surface area contributed by atoms with Crippen LogP contribution in [0.4, 0.5) is 11.4 Å². The molecule has 0 radical (unpaired) electrons. The average Bonchev–Trinajstić information content (AvgIpc) is 3.07. The molecule has 0 bridgehead atoms. The quantitative estimate of drug-likeness (QED) is 0.282. The van der Waals surface area contributed by atoms with Gasteiger partial charge in [0.05, 0.1) is 16.9 Å². The summed E-state index contributed by atoms with van der Waals surface area (Å²) < 4.78 is 2.05. The van der Waals surface area contributed by atoms with Crippen molar-refractivity contribution < 1.29 is 9.63 Å². The van der Waals surface area contributed by atoms with Crippen LogP contribution in [0.3, 0.4) is 0 Å². The highest BCUT2D eigenvalue weighted by Crippen LogP contribution is 2.40. The van der Waals surface area contributed by atoms with Crippen LogP contribution in [-0.2, 0) is 4.84 Å². The lowest BCUT2D eigenvalue weighted by molar-refractivity contribution is 0.0515. The molecule has 0 aliphatic carbocycles. The molecule has 1 aliphatic rings. The molecule has 2 heterocycles. The molecule has 0 saturated carbocycles. The summed E-state index contributed by atoms with van der Waals surface area (Å²) in [7, 11) is 0. The fourth-order valence-electron chi connectivity index (χ4n) is 3.74. The maximum Gasteiger partial charge on any atom is 0.365 e. The molecule has 0 saturated heterocycles. The van der Waals surface area contributed by atoms with Gasteiger partial charge in [0.2, 0.25) is 0 Å². The highest BCUT2D eigenvalue weighted by Gasteiger charge is 2.30. The number of fused-ring (bicyclic) bond motifs is 3. The Morgan fingerprint density at radius 1 is 1.23 bits per heavy atom. The summed E-state index contributed by atoms with van der Waals surface area (Å²) in [5.41, 5.74) is 8.54. The number of carbonyl (C=O) groups is 1. The van der Waals surface area contributed by atoms with E-state index in [0.29, 0.717) is 17.1 Å². The molecule has 0 amide bonds. The van der Waals surface area contributed by atoms with Gasteiger partial charge in [0.25, 0.3) is 0 Å². The predicted octanol–water partition coefficient (Wildman–Crippen LogP) is 4.32. The Balaban J connectivity index is 1.89. The first-order chi connectivity index (χ1) is 14.9. The molecule has 1 aromatic heterocycles. The van der Waals surface area contributed by atoms with E-state index in [1.165, 1.54) is 0 Å². The van der Waals surface area contributed by atoms with E-state index >= 15 is 0 Å². The van der Waals surface area contributed by atoms with Crippen molar-refractivity contribution in [1.82, 2.24) is 14.8 Å². The van der Waals surface area contributed by atoms with Crippen molar-refractivity contribution in [2.24, 2.45) is 10.9 Å². The van der Waals surface area contributed by atoms with Gasteiger partial charge < -0.3 is 15.5 Å². The van der Waals surface area contributed by atoms with E-state index < -0.39 is 5.97 Å². The lowest BCUT2D eigenvalue weighted by atomic mass is 10.0. The fourth-order valence-corrected chi connectivity index (χ4v) is 3.87. The Hall–Kier alpha value is -3.39. The number of nitrogens with zero attached hydrogens (tertiary/aromatic N) is 5. The zero-order valence-corrected chi connectivity index (χ0v) is 18.3. The maximum atomic E-state index is 12.5. The van der Waals surface area contributed by atoms with Crippen LogP contribution in [-0.4, -0.2) is 33.1 Å². The van der Waals surface area contributed by atoms with Crippen molar-refractivity contribution in [3.05, 3.63) is 64.7 Å². The number of anilines is 2. The minimum atomic E-state index is -0.583. The minimum absolute atomic E-state index is 0.143. The first kappa shape index (κ1) is 20.9. The number of nitrogens with two attached hydrogens (primary N) is 1. The molecule has 8 nitrogen and oxygen atoms in total. The standard InChI is InChI=1S/C22H23ClN6O2/c1-4-15-12-28(18-8-6-17(23)7-9-18)20-11-16(22(30)31-27-13(2)24)5-10-19(20)29-14(3)25-26-21(15)29/h5-11,15H,4,12H2,1-3H3,(H2,24,27). The summed E-state index contributed by atoms with van der Waals surface area (Å²) in [5.74, 6) is 1.41. The molecule has 1 atom stereocenters. The van der Waals surface area contributed by atoms with E-state index in [0.717, 1.165) is 35.1 Å². The van der Waals surface area contributed by atoms with Crippen molar-refractivity contribution in [2.45, 2.75) is 33.1 Å². The summed E-state index contributed by atoms with van der Waals surface area (Å²) in [4.78, 5) is 19.7. The third kappa shape index (κ3) is 3.98. The second-order valence-electron chi connectivity index (χ2n) is 7.45. The summed E-state index contributed by atoms with van der Waals surface area (Å²) in [5, 5.41) is 13.0. The van der Waals surface area contributed by atoms with Crippen LogP contribution >= 0.6 is 11.6 Å². The van der Waals surface area contributed by atoms with Crippen LogP contribution in [0.1, 0.15) is 48.2 Å². The molecule has 2 N–H and O–H groups in total. The SMILES string of the molecule is CCC1CN(c2ccc(Cl)cc2)c2cc(C(=O)ON=C(C)N)ccc2-n2c(C)nnc21. The Kier molecular flexibility index (Phi) is 5.65. The Labute approximate surface area is 185 Å². The lowest BCUT2D eigenvalue weighted by Gasteiger charge is -2.27. The summed E-state index contributed by atoms with van der Waals surface area (Å²) in [6.45, 7) is 6.27. The predicted molar refractivity (Wildman–Crippen MR) is 120 cm³/mol. The third-order valence-corrected chi connectivity index (χ3v) is 5.52. The van der Waals surface area contributed by atoms with E-state index in [1.807, 2.05) is 37.3 Å². The number of hydrogen-bond acceptors (Lipinski definition) is 6. The Morgan fingerprint density at radius 2 is 1.97 bits per heavy atom. The number of aromatic nitrogens is 3. The number of benzene rings is 2. The lowest BCUT2D eigenvalue weighted by Crippen LogP contribution is -2.23. The smallest absolute Gasteiger partial charge is 0.365 e. The number of halogens is 1. The van der Waals surface area contributed by atoms with Crippen molar-refractivity contribution in [2.75, 3.05) is 11.4 Å². The van der Waals surface area contributed by atoms with Gasteiger partial charge in [0, 0.05) is 23.2 Å². The van der Waals surface area contributed by atoms with Crippen molar-refractivity contribution >= 4 is 34.8 Å². The molecule has 0 spiro atoms. The summed E-state index contributed by atoms with van der Waals surface area (Å²) in [6.07, 6.45) is 0.885. The van der Waals surface area contributed by atoms with E-state index in [4.69, 9.17) is 22.2 Å². The van der Waals surface area contributed by atoms with Crippen LogP contribution in [0, 0.1) is 6.92 Å². The zero-order chi connectivity index (χ0) is 22.1. The molecule has 3 aromatic rings. The number of hydrogen-bond donors (Lipinski definition) is 1. The Bertz CT molecular complexity index is 1150. The van der Waals surface area contributed by atoms with Crippen LogP contribution in [0.25, 0.3) is 5.69 Å². The van der Waals surface area contributed by atoms with E-state index in [9.17, 15) is 4.79 Å². The normalized spacial score (nSPS) is 15.8. The average molecular weight is 439 g/mol. The van der Waals surface area contributed by atoms with Crippen molar-refractivity contribution in [1.29, 1.82) is 0 Å². The van der Waals surface area contributed by atoms with E-state index in [1.54, 1.807) is 19.1 Å². The maximum absolute atomic E-state index is 12.5. The van der Waals surface area contributed by atoms with Gasteiger partial charge in [-0.05, 0) is 62.7 Å². The monoisotopic (exact) mass is 438 g/mol. The van der Waals surface area contributed by atoms with Crippen LogP contribution < -0.4 is 10.6 Å². The first-order valence-electron chi connectivity index (χ1n) is 10.00. The van der Waals surface area contributed by atoms with Gasteiger partial charge in [-0.3, -0.25) is 4.57 Å².